The van der Waals surface area contributed by atoms with Gasteiger partial charge in [0.15, 0.2) is 0 Å². The summed E-state index contributed by atoms with van der Waals surface area (Å²) in [5, 5.41) is 13.4. The normalized spacial score (nSPS) is 30.5. The Balaban J connectivity index is 1.56. The third-order valence-electron chi connectivity index (χ3n) is 5.22. The minimum atomic E-state index is -0.436. The van der Waals surface area contributed by atoms with Crippen molar-refractivity contribution in [2.75, 3.05) is 26.4 Å². The minimum absolute atomic E-state index is 0.237. The molecule has 2 aliphatic rings. The van der Waals surface area contributed by atoms with Gasteiger partial charge in [-0.2, -0.15) is 0 Å². The van der Waals surface area contributed by atoms with E-state index in [1.165, 1.54) is 0 Å². The zero-order valence-corrected chi connectivity index (χ0v) is 12.7. The molecule has 4 nitrogen and oxygen atoms in total. The van der Waals surface area contributed by atoms with Crippen molar-refractivity contribution in [3.8, 4) is 0 Å². The topological polar surface area (TPSA) is 50.7 Å². The van der Waals surface area contributed by atoms with Gasteiger partial charge >= 0.3 is 0 Å². The summed E-state index contributed by atoms with van der Waals surface area (Å²) in [7, 11) is 0. The lowest BCUT2D eigenvalue weighted by molar-refractivity contribution is -0.0166. The van der Waals surface area contributed by atoms with Gasteiger partial charge in [0, 0.05) is 19.2 Å². The highest BCUT2D eigenvalue weighted by atomic mass is 16.5. The van der Waals surface area contributed by atoms with Crippen LogP contribution in [0.1, 0.15) is 40.5 Å². The van der Waals surface area contributed by atoms with Gasteiger partial charge in [0.25, 0.3) is 0 Å². The van der Waals surface area contributed by atoms with Crippen LogP contribution in [0.5, 0.6) is 0 Å². The van der Waals surface area contributed by atoms with Crippen LogP contribution in [0.3, 0.4) is 0 Å². The Morgan fingerprint density at radius 2 is 2.00 bits per heavy atom. The Hall–Kier alpha value is -0.160. The number of hydrogen-bond acceptors (Lipinski definition) is 4. The lowest BCUT2D eigenvalue weighted by Crippen LogP contribution is -2.34. The van der Waals surface area contributed by atoms with Crippen LogP contribution in [0.15, 0.2) is 0 Å². The molecule has 0 amide bonds. The Bertz CT molecular complexity index is 284. The van der Waals surface area contributed by atoms with E-state index in [1.807, 2.05) is 0 Å². The first-order valence-electron chi connectivity index (χ1n) is 7.46. The standard InChI is InChI=1S/C15H29NO3/c1-14(2)13(15(14,3)4)16-8-11(17)9-18-10-12-6-5-7-19-12/h11-13,16-17H,5-10H2,1-4H3. The Morgan fingerprint density at radius 3 is 2.53 bits per heavy atom. The summed E-state index contributed by atoms with van der Waals surface area (Å²) in [6.07, 6.45) is 2.01. The molecule has 0 bridgehead atoms. The van der Waals surface area contributed by atoms with Gasteiger partial charge < -0.3 is 19.9 Å². The molecular weight excluding hydrogens is 242 g/mol. The molecule has 19 heavy (non-hydrogen) atoms. The maximum Gasteiger partial charge on any atom is 0.0897 e. The van der Waals surface area contributed by atoms with Crippen LogP contribution in [-0.4, -0.2) is 49.7 Å². The predicted molar refractivity (Wildman–Crippen MR) is 75.2 cm³/mol. The third kappa shape index (κ3) is 3.30. The second-order valence-corrected chi connectivity index (χ2v) is 7.11. The first kappa shape index (κ1) is 15.2. The summed E-state index contributed by atoms with van der Waals surface area (Å²) < 4.78 is 11.0. The van der Waals surface area contributed by atoms with Crippen LogP contribution in [0, 0.1) is 10.8 Å². The number of hydrogen-bond donors (Lipinski definition) is 2. The molecule has 0 spiro atoms. The largest absolute Gasteiger partial charge is 0.389 e. The Labute approximate surface area is 116 Å². The molecule has 2 fully saturated rings. The summed E-state index contributed by atoms with van der Waals surface area (Å²) in [4.78, 5) is 0. The first-order valence-corrected chi connectivity index (χ1v) is 7.46. The highest BCUT2D eigenvalue weighted by molar-refractivity contribution is 5.17. The molecule has 2 N–H and O–H groups in total. The predicted octanol–water partition coefficient (Wildman–Crippen LogP) is 1.57. The van der Waals surface area contributed by atoms with Crippen molar-refractivity contribution in [2.45, 2.75) is 58.8 Å². The van der Waals surface area contributed by atoms with Crippen LogP contribution in [-0.2, 0) is 9.47 Å². The molecule has 2 rings (SSSR count). The van der Waals surface area contributed by atoms with E-state index in [0.717, 1.165) is 19.4 Å². The van der Waals surface area contributed by atoms with Crippen molar-refractivity contribution in [1.82, 2.24) is 5.32 Å². The SMILES string of the molecule is CC1(C)C(NCC(O)COCC2CCCO2)C1(C)C. The lowest BCUT2D eigenvalue weighted by Gasteiger charge is -2.15. The molecule has 0 aromatic rings. The molecule has 4 heteroatoms. The van der Waals surface area contributed by atoms with E-state index in [1.54, 1.807) is 0 Å². The molecular formula is C15H29NO3. The molecule has 1 heterocycles. The number of aliphatic hydroxyl groups is 1. The average Bonchev–Trinajstić information content (AvgIpc) is 2.74. The van der Waals surface area contributed by atoms with Gasteiger partial charge in [-0.15, -0.1) is 0 Å². The van der Waals surface area contributed by atoms with Crippen LogP contribution >= 0.6 is 0 Å². The fraction of sp³-hybridized carbons (Fsp3) is 1.00. The smallest absolute Gasteiger partial charge is 0.0897 e. The summed E-state index contributed by atoms with van der Waals surface area (Å²) >= 11 is 0. The van der Waals surface area contributed by atoms with Gasteiger partial charge in [-0.05, 0) is 23.7 Å². The maximum atomic E-state index is 9.91. The highest BCUT2D eigenvalue weighted by Crippen LogP contribution is 2.62. The summed E-state index contributed by atoms with van der Waals surface area (Å²) in [6, 6.07) is 0.479. The highest BCUT2D eigenvalue weighted by Gasteiger charge is 2.64. The molecule has 1 aliphatic carbocycles. The molecule has 0 aromatic heterocycles. The summed E-state index contributed by atoms with van der Waals surface area (Å²) in [6.45, 7) is 11.5. The van der Waals surface area contributed by atoms with E-state index in [0.29, 0.717) is 36.6 Å². The number of ether oxygens (including phenoxy) is 2. The van der Waals surface area contributed by atoms with E-state index in [4.69, 9.17) is 9.47 Å². The van der Waals surface area contributed by atoms with E-state index in [2.05, 4.69) is 33.0 Å². The number of nitrogens with one attached hydrogen (secondary N) is 1. The van der Waals surface area contributed by atoms with E-state index in [-0.39, 0.29) is 6.10 Å². The zero-order chi connectivity index (χ0) is 14.1. The molecule has 1 saturated heterocycles. The summed E-state index contributed by atoms with van der Waals surface area (Å²) in [5.41, 5.74) is 0.622. The van der Waals surface area contributed by atoms with Crippen LogP contribution in [0.25, 0.3) is 0 Å². The lowest BCUT2D eigenvalue weighted by atomic mass is 10.0. The fourth-order valence-corrected chi connectivity index (χ4v) is 3.13. The van der Waals surface area contributed by atoms with Crippen LogP contribution in [0.2, 0.25) is 0 Å². The quantitative estimate of drug-likeness (QED) is 0.738. The third-order valence-corrected chi connectivity index (χ3v) is 5.22. The zero-order valence-electron chi connectivity index (χ0n) is 12.7. The molecule has 0 radical (unpaired) electrons. The number of rotatable bonds is 7. The number of aliphatic hydroxyl groups excluding tert-OH is 1. The molecule has 2 unspecified atom stereocenters. The van der Waals surface area contributed by atoms with E-state index >= 15 is 0 Å². The van der Waals surface area contributed by atoms with Gasteiger partial charge in [-0.1, -0.05) is 27.7 Å². The molecule has 2 atom stereocenters. The maximum absolute atomic E-state index is 9.91. The van der Waals surface area contributed by atoms with Gasteiger partial charge in [-0.25, -0.2) is 0 Å². The molecule has 112 valence electrons. The van der Waals surface area contributed by atoms with E-state index < -0.39 is 6.10 Å². The van der Waals surface area contributed by atoms with E-state index in [9.17, 15) is 5.11 Å². The first-order chi connectivity index (χ1) is 8.85. The molecule has 1 aliphatic heterocycles. The van der Waals surface area contributed by atoms with Crippen molar-refractivity contribution in [3.05, 3.63) is 0 Å². The fourth-order valence-electron chi connectivity index (χ4n) is 3.13. The second-order valence-electron chi connectivity index (χ2n) is 7.11. The second kappa shape index (κ2) is 5.68. The van der Waals surface area contributed by atoms with Crippen molar-refractivity contribution in [1.29, 1.82) is 0 Å². The summed E-state index contributed by atoms with van der Waals surface area (Å²) in [5.74, 6) is 0. The Kier molecular flexibility index (Phi) is 4.56. The van der Waals surface area contributed by atoms with Gasteiger partial charge in [0.2, 0.25) is 0 Å². The van der Waals surface area contributed by atoms with Gasteiger partial charge in [-0.3, -0.25) is 0 Å². The monoisotopic (exact) mass is 271 g/mol. The van der Waals surface area contributed by atoms with Crippen molar-refractivity contribution in [3.63, 3.8) is 0 Å². The Morgan fingerprint density at radius 1 is 1.32 bits per heavy atom. The molecule has 1 saturated carbocycles. The minimum Gasteiger partial charge on any atom is -0.389 e. The van der Waals surface area contributed by atoms with Crippen molar-refractivity contribution >= 4 is 0 Å². The van der Waals surface area contributed by atoms with Crippen LogP contribution < -0.4 is 5.32 Å². The van der Waals surface area contributed by atoms with Gasteiger partial charge in [0.1, 0.15) is 0 Å². The van der Waals surface area contributed by atoms with Gasteiger partial charge in [0.05, 0.1) is 25.4 Å². The molecule has 0 aromatic carbocycles. The van der Waals surface area contributed by atoms with Crippen molar-refractivity contribution in [2.24, 2.45) is 10.8 Å². The van der Waals surface area contributed by atoms with Crippen molar-refractivity contribution < 1.29 is 14.6 Å². The van der Waals surface area contributed by atoms with Crippen LogP contribution in [0.4, 0.5) is 0 Å². The average molecular weight is 271 g/mol.